The van der Waals surface area contributed by atoms with Crippen LogP contribution in [0.1, 0.15) is 229 Å². The Morgan fingerprint density at radius 1 is 0.224 bits per heavy atom. The van der Waals surface area contributed by atoms with E-state index < -0.39 is 0 Å². The number of benzene rings is 2. The summed E-state index contributed by atoms with van der Waals surface area (Å²) in [5.41, 5.74) is 9.61. The predicted molar refractivity (Wildman–Crippen MR) is 220 cm³/mol. The molecule has 2 rings (SSSR count). The Morgan fingerprint density at radius 2 is 0.367 bits per heavy atom. The van der Waals surface area contributed by atoms with E-state index in [-0.39, 0.29) is 17.4 Å². The molecule has 0 aliphatic carbocycles. The van der Waals surface area contributed by atoms with Crippen LogP contribution in [0.15, 0.2) is 36.4 Å². The van der Waals surface area contributed by atoms with Gasteiger partial charge in [0.1, 0.15) is 0 Å². The third kappa shape index (κ3) is 27.3. The van der Waals surface area contributed by atoms with Gasteiger partial charge in [0.05, 0.1) is 0 Å². The van der Waals surface area contributed by atoms with Crippen LogP contribution in [0.3, 0.4) is 0 Å². The zero-order chi connectivity index (χ0) is 34.9. The van der Waals surface area contributed by atoms with Crippen molar-refractivity contribution in [3.63, 3.8) is 0 Å². The van der Waals surface area contributed by atoms with Gasteiger partial charge in [0.15, 0.2) is 0 Å². The van der Waals surface area contributed by atoms with Crippen molar-refractivity contribution < 1.29 is 17.4 Å². The van der Waals surface area contributed by atoms with Crippen LogP contribution < -0.4 is 0 Å². The van der Waals surface area contributed by atoms with Crippen LogP contribution in [0.4, 0.5) is 0 Å². The van der Waals surface area contributed by atoms with Crippen LogP contribution in [0, 0.1) is 0 Å². The van der Waals surface area contributed by atoms with Crippen LogP contribution in [0.25, 0.3) is 0 Å². The fraction of sp³-hybridized carbons (Fsp3) is 0.750. The van der Waals surface area contributed by atoms with Crippen LogP contribution in [0.2, 0.25) is 0 Å². The fourth-order valence-electron chi connectivity index (χ4n) is 7.08. The van der Waals surface area contributed by atoms with Crippen molar-refractivity contribution in [1.82, 2.24) is 0 Å². The summed E-state index contributed by atoms with van der Waals surface area (Å²) < 4.78 is 0. The van der Waals surface area contributed by atoms with E-state index in [4.69, 9.17) is 0 Å². The van der Waals surface area contributed by atoms with E-state index in [2.05, 4.69) is 77.9 Å². The molecule has 0 fully saturated rings. The molecule has 2 aromatic carbocycles. The number of rotatable bonds is 30. The SMILES string of the molecule is CCCCCCc1cc(CCCCCC)cc(CCCCCC)c1.CCCCCCc1cc(CCCCCC)cc(CCCCCC)c1.[Cr+2]. The summed E-state index contributed by atoms with van der Waals surface area (Å²) in [6.07, 6.45) is 40.6. The molecule has 1 heteroatoms. The molecular weight excluding hydrogens is 629 g/mol. The van der Waals surface area contributed by atoms with Crippen molar-refractivity contribution in [3.05, 3.63) is 69.8 Å². The summed E-state index contributed by atoms with van der Waals surface area (Å²) in [4.78, 5) is 0. The molecule has 0 atom stereocenters. The van der Waals surface area contributed by atoms with Gasteiger partial charge in [0.25, 0.3) is 0 Å². The van der Waals surface area contributed by atoms with Gasteiger partial charge in [-0.15, -0.1) is 0 Å². The van der Waals surface area contributed by atoms with Gasteiger partial charge in [0.2, 0.25) is 0 Å². The van der Waals surface area contributed by atoms with Crippen molar-refractivity contribution in [2.24, 2.45) is 0 Å². The van der Waals surface area contributed by atoms with Gasteiger partial charge in [-0.1, -0.05) is 194 Å². The normalized spacial score (nSPS) is 10.9. The second-order valence-corrected chi connectivity index (χ2v) is 15.2. The summed E-state index contributed by atoms with van der Waals surface area (Å²) in [7, 11) is 0. The third-order valence-corrected chi connectivity index (χ3v) is 10.1. The van der Waals surface area contributed by atoms with E-state index in [0.717, 1.165) is 0 Å². The molecule has 0 aliphatic rings. The molecule has 0 saturated heterocycles. The second-order valence-electron chi connectivity index (χ2n) is 15.2. The molecular formula is C48H84Cr+2. The van der Waals surface area contributed by atoms with Gasteiger partial charge in [-0.2, -0.15) is 0 Å². The van der Waals surface area contributed by atoms with Gasteiger partial charge in [0, 0.05) is 0 Å². The minimum Gasteiger partial charge on any atom is -0.0654 e. The summed E-state index contributed by atoms with van der Waals surface area (Å²) in [5, 5.41) is 0. The van der Waals surface area contributed by atoms with Gasteiger partial charge in [-0.25, -0.2) is 0 Å². The summed E-state index contributed by atoms with van der Waals surface area (Å²) in [5.74, 6) is 0. The molecule has 0 N–H and O–H groups in total. The number of unbranched alkanes of at least 4 members (excludes halogenated alkanes) is 18. The first kappa shape index (κ1) is 48.0. The molecule has 280 valence electrons. The molecule has 0 spiro atoms. The first-order chi connectivity index (χ1) is 23.6. The van der Waals surface area contributed by atoms with Crippen molar-refractivity contribution in [2.75, 3.05) is 0 Å². The van der Waals surface area contributed by atoms with E-state index in [9.17, 15) is 0 Å². The standard InChI is InChI=1S/2C24H42.Cr/c2*1-4-7-10-13-16-22-19-23(17-14-11-8-5-2)21-24(20-22)18-15-12-9-6-3;/h2*19-21H,4-18H2,1-3H3;/q;;+2. The predicted octanol–water partition coefficient (Wildman–Crippen LogP) is 16.1. The van der Waals surface area contributed by atoms with Gasteiger partial charge >= 0.3 is 17.4 Å². The number of hydrogen-bond donors (Lipinski definition) is 0. The molecule has 0 nitrogen and oxygen atoms in total. The minimum absolute atomic E-state index is 0. The first-order valence-electron chi connectivity index (χ1n) is 21.8. The summed E-state index contributed by atoms with van der Waals surface area (Å²) >= 11 is 0. The average Bonchev–Trinajstić information content (AvgIpc) is 3.10. The van der Waals surface area contributed by atoms with E-state index in [1.165, 1.54) is 193 Å². The van der Waals surface area contributed by atoms with Crippen molar-refractivity contribution in [2.45, 2.75) is 234 Å². The Kier molecular flexibility index (Phi) is 34.6. The van der Waals surface area contributed by atoms with Crippen LogP contribution in [0.5, 0.6) is 0 Å². The Balaban J connectivity index is 0.000000922. The van der Waals surface area contributed by atoms with Gasteiger partial charge < -0.3 is 0 Å². The minimum atomic E-state index is 0. The Morgan fingerprint density at radius 3 is 0.490 bits per heavy atom. The van der Waals surface area contributed by atoms with E-state index in [0.29, 0.717) is 0 Å². The van der Waals surface area contributed by atoms with Crippen LogP contribution in [-0.2, 0) is 55.9 Å². The van der Waals surface area contributed by atoms with Crippen molar-refractivity contribution in [3.8, 4) is 0 Å². The molecule has 0 bridgehead atoms. The smallest absolute Gasteiger partial charge is 0.0654 e. The summed E-state index contributed by atoms with van der Waals surface area (Å²) in [6, 6.07) is 15.0. The maximum atomic E-state index is 2.51. The molecule has 0 saturated carbocycles. The monoisotopic (exact) mass is 713 g/mol. The summed E-state index contributed by atoms with van der Waals surface area (Å²) in [6.45, 7) is 13.8. The zero-order valence-electron chi connectivity index (χ0n) is 34.1. The largest absolute Gasteiger partial charge is 2.00 e. The first-order valence-corrected chi connectivity index (χ1v) is 21.8. The second kappa shape index (κ2) is 35.4. The zero-order valence-corrected chi connectivity index (χ0v) is 35.4. The van der Waals surface area contributed by atoms with Gasteiger partial charge in [-0.3, -0.25) is 0 Å². The topological polar surface area (TPSA) is 0 Å². The quantitative estimate of drug-likeness (QED) is 0.0708. The fourth-order valence-corrected chi connectivity index (χ4v) is 7.08. The molecule has 0 heterocycles. The van der Waals surface area contributed by atoms with E-state index in [1.54, 1.807) is 33.4 Å². The molecule has 0 amide bonds. The average molecular weight is 713 g/mol. The number of hydrogen-bond acceptors (Lipinski definition) is 0. The van der Waals surface area contributed by atoms with Gasteiger partial charge in [-0.05, 0) is 110 Å². The van der Waals surface area contributed by atoms with E-state index >= 15 is 0 Å². The van der Waals surface area contributed by atoms with Crippen molar-refractivity contribution in [1.29, 1.82) is 0 Å². The molecule has 0 unspecified atom stereocenters. The Labute approximate surface area is 320 Å². The van der Waals surface area contributed by atoms with Crippen molar-refractivity contribution >= 4 is 0 Å². The Bertz CT molecular complexity index is 747. The molecule has 0 radical (unpaired) electrons. The Hall–Kier alpha value is -1.03. The van der Waals surface area contributed by atoms with E-state index in [1.807, 2.05) is 0 Å². The molecule has 2 aromatic rings. The molecule has 0 aliphatic heterocycles. The molecule has 49 heavy (non-hydrogen) atoms. The number of aryl methyl sites for hydroxylation is 6. The van der Waals surface area contributed by atoms with Crippen LogP contribution in [-0.4, -0.2) is 0 Å². The third-order valence-electron chi connectivity index (χ3n) is 10.1. The maximum Gasteiger partial charge on any atom is 2.00 e. The maximum absolute atomic E-state index is 2.51. The van der Waals surface area contributed by atoms with Crippen LogP contribution >= 0.6 is 0 Å². The molecule has 0 aromatic heterocycles.